The van der Waals surface area contributed by atoms with Gasteiger partial charge in [0.2, 0.25) is 0 Å². The standard InChI is InChI=1S/C11H20IN3/c1-3-4-6-12-10-9-11-14(2)7-5-8-15(11)13-10/h9,12H,3-8H2,1-2H3. The van der Waals surface area contributed by atoms with Gasteiger partial charge in [-0.25, -0.2) is 0 Å². The predicted molar refractivity (Wildman–Crippen MR) is 74.0 cm³/mol. The Hall–Kier alpha value is -0.260. The van der Waals surface area contributed by atoms with Crippen LogP contribution in [0, 0.1) is 3.70 Å². The zero-order valence-electron chi connectivity index (χ0n) is 9.57. The van der Waals surface area contributed by atoms with E-state index in [1.54, 1.807) is 0 Å². The molecule has 0 amide bonds. The Morgan fingerprint density at radius 3 is 3.07 bits per heavy atom. The number of anilines is 1. The molecule has 2 heterocycles. The summed E-state index contributed by atoms with van der Waals surface area (Å²) in [6.07, 6.45) is 3.93. The van der Waals surface area contributed by atoms with Gasteiger partial charge in [-0.3, -0.25) is 0 Å². The van der Waals surface area contributed by atoms with Gasteiger partial charge in [0.1, 0.15) is 0 Å². The van der Waals surface area contributed by atoms with Crippen LogP contribution in [-0.2, 0) is 6.54 Å². The van der Waals surface area contributed by atoms with Crippen molar-refractivity contribution in [2.24, 2.45) is 0 Å². The number of nitrogens with zero attached hydrogens (tertiary/aromatic N) is 3. The van der Waals surface area contributed by atoms with Crippen LogP contribution in [0.3, 0.4) is 0 Å². The van der Waals surface area contributed by atoms with Crippen molar-refractivity contribution < 1.29 is 0 Å². The summed E-state index contributed by atoms with van der Waals surface area (Å²) in [7, 11) is 2.17. The Morgan fingerprint density at radius 1 is 1.47 bits per heavy atom. The molecule has 0 aliphatic carbocycles. The minimum absolute atomic E-state index is 0.0160. The Morgan fingerprint density at radius 2 is 2.33 bits per heavy atom. The molecule has 0 N–H and O–H groups in total. The van der Waals surface area contributed by atoms with Crippen molar-refractivity contribution in [3.63, 3.8) is 0 Å². The van der Waals surface area contributed by atoms with Crippen LogP contribution in [0.15, 0.2) is 6.07 Å². The molecule has 0 atom stereocenters. The van der Waals surface area contributed by atoms with Crippen LogP contribution in [0.5, 0.6) is 0 Å². The number of rotatable bonds is 4. The van der Waals surface area contributed by atoms with E-state index < -0.39 is 0 Å². The van der Waals surface area contributed by atoms with E-state index >= 15 is 0 Å². The summed E-state index contributed by atoms with van der Waals surface area (Å²) >= 11 is -0.0160. The SMILES string of the molecule is CCCC[IH]c1cc2n(n1)CCCN2C. The van der Waals surface area contributed by atoms with E-state index in [0.717, 1.165) is 6.54 Å². The molecule has 0 aromatic carbocycles. The van der Waals surface area contributed by atoms with Gasteiger partial charge in [-0.15, -0.1) is 0 Å². The maximum atomic E-state index is 4.71. The average Bonchev–Trinajstić information content (AvgIpc) is 2.63. The van der Waals surface area contributed by atoms with Crippen LogP contribution < -0.4 is 4.90 Å². The van der Waals surface area contributed by atoms with Crippen molar-refractivity contribution in [1.29, 1.82) is 0 Å². The topological polar surface area (TPSA) is 21.1 Å². The molecule has 15 heavy (non-hydrogen) atoms. The molecule has 0 fully saturated rings. The Balaban J connectivity index is 2.01. The van der Waals surface area contributed by atoms with Crippen molar-refractivity contribution >= 4 is 27.0 Å². The molecule has 1 aromatic heterocycles. The van der Waals surface area contributed by atoms with Crippen LogP contribution in [0.4, 0.5) is 5.82 Å². The molecule has 4 heteroatoms. The van der Waals surface area contributed by atoms with Crippen LogP contribution in [0.2, 0.25) is 0 Å². The molecule has 2 rings (SSSR count). The van der Waals surface area contributed by atoms with Gasteiger partial charge in [0.15, 0.2) is 0 Å². The molecule has 3 nitrogen and oxygen atoms in total. The third kappa shape index (κ3) is 2.65. The molecule has 0 saturated heterocycles. The van der Waals surface area contributed by atoms with Gasteiger partial charge in [-0.2, -0.15) is 0 Å². The van der Waals surface area contributed by atoms with Crippen LogP contribution >= 0.6 is 21.2 Å². The van der Waals surface area contributed by atoms with E-state index in [-0.39, 0.29) is 21.2 Å². The van der Waals surface area contributed by atoms with Crippen LogP contribution in [-0.4, -0.2) is 27.8 Å². The van der Waals surface area contributed by atoms with Gasteiger partial charge >= 0.3 is 102 Å². The Kier molecular flexibility index (Phi) is 3.88. The summed E-state index contributed by atoms with van der Waals surface area (Å²) < 4.78 is 5.00. The van der Waals surface area contributed by atoms with E-state index in [4.69, 9.17) is 5.10 Å². The monoisotopic (exact) mass is 321 g/mol. The van der Waals surface area contributed by atoms with E-state index in [1.807, 2.05) is 0 Å². The first-order chi connectivity index (χ1) is 7.31. The normalized spacial score (nSPS) is 15.7. The number of unbranched alkanes of at least 4 members (excludes halogenated alkanes) is 1. The van der Waals surface area contributed by atoms with E-state index in [1.165, 1.54) is 39.8 Å². The first-order valence-electron chi connectivity index (χ1n) is 5.73. The first-order valence-corrected chi connectivity index (χ1v) is 8.54. The fourth-order valence-corrected chi connectivity index (χ4v) is 4.64. The second kappa shape index (κ2) is 5.18. The molecule has 0 radical (unpaired) electrons. The zero-order valence-corrected chi connectivity index (χ0v) is 11.9. The molecule has 1 aromatic rings. The van der Waals surface area contributed by atoms with E-state index in [9.17, 15) is 0 Å². The minimum atomic E-state index is -0.0160. The van der Waals surface area contributed by atoms with Crippen molar-refractivity contribution in [2.75, 3.05) is 22.9 Å². The van der Waals surface area contributed by atoms with Crippen molar-refractivity contribution in [2.45, 2.75) is 32.7 Å². The summed E-state index contributed by atoms with van der Waals surface area (Å²) in [5, 5.41) is 4.71. The van der Waals surface area contributed by atoms with Gasteiger partial charge < -0.3 is 0 Å². The molecule has 1 aliphatic rings. The zero-order chi connectivity index (χ0) is 10.7. The van der Waals surface area contributed by atoms with Crippen molar-refractivity contribution in [3.8, 4) is 0 Å². The summed E-state index contributed by atoms with van der Waals surface area (Å²) in [4.78, 5) is 2.33. The Bertz CT molecular complexity index is 322. The summed E-state index contributed by atoms with van der Waals surface area (Å²) in [6, 6.07) is 2.32. The quantitative estimate of drug-likeness (QED) is 0.482. The van der Waals surface area contributed by atoms with Crippen LogP contribution in [0.25, 0.3) is 0 Å². The van der Waals surface area contributed by atoms with Gasteiger partial charge in [0, 0.05) is 0 Å². The summed E-state index contributed by atoms with van der Waals surface area (Å²) in [6.45, 7) is 4.56. The van der Waals surface area contributed by atoms with Gasteiger partial charge in [0.25, 0.3) is 0 Å². The number of hydrogen-bond donors (Lipinski definition) is 0. The fraction of sp³-hybridized carbons (Fsp3) is 0.727. The fourth-order valence-electron chi connectivity index (χ4n) is 1.82. The van der Waals surface area contributed by atoms with Gasteiger partial charge in [0.05, 0.1) is 0 Å². The number of hydrogen-bond acceptors (Lipinski definition) is 2. The number of aryl methyl sites for hydroxylation is 1. The van der Waals surface area contributed by atoms with Crippen molar-refractivity contribution in [1.82, 2.24) is 9.78 Å². The molecule has 0 saturated carbocycles. The Labute approximate surface area is 102 Å². The number of alkyl halides is 1. The van der Waals surface area contributed by atoms with Gasteiger partial charge in [-0.1, -0.05) is 0 Å². The first kappa shape index (κ1) is 11.2. The number of fused-ring (bicyclic) bond motifs is 1. The van der Waals surface area contributed by atoms with E-state index in [0.29, 0.717) is 0 Å². The average molecular weight is 321 g/mol. The third-order valence-electron chi connectivity index (χ3n) is 2.74. The second-order valence-corrected chi connectivity index (χ2v) is 7.22. The summed E-state index contributed by atoms with van der Waals surface area (Å²) in [5.41, 5.74) is 0. The number of halogens is 1. The molecule has 0 spiro atoms. The molecule has 86 valence electrons. The third-order valence-corrected chi connectivity index (χ3v) is 5.56. The van der Waals surface area contributed by atoms with E-state index in [2.05, 4.69) is 29.6 Å². The summed E-state index contributed by atoms with van der Waals surface area (Å²) in [5.74, 6) is 1.33. The molecular formula is C11H20IN3. The van der Waals surface area contributed by atoms with Crippen molar-refractivity contribution in [3.05, 3.63) is 9.77 Å². The van der Waals surface area contributed by atoms with Gasteiger partial charge in [-0.05, 0) is 0 Å². The maximum absolute atomic E-state index is 4.71. The second-order valence-electron chi connectivity index (χ2n) is 4.04. The number of aromatic nitrogens is 2. The molecule has 0 bridgehead atoms. The molecule has 0 unspecified atom stereocenters. The molecular weight excluding hydrogens is 301 g/mol. The molecule has 1 aliphatic heterocycles. The predicted octanol–water partition coefficient (Wildman–Crippen LogP) is 2.40. The van der Waals surface area contributed by atoms with Crippen LogP contribution in [0.1, 0.15) is 26.2 Å².